The molecule has 1 saturated heterocycles. The van der Waals surface area contributed by atoms with Crippen LogP contribution in [0.5, 0.6) is 5.75 Å². The number of carbonyl (C=O) groups is 4. The maximum Gasteiger partial charge on any atom is 0.335 e. The Morgan fingerprint density at radius 1 is 1.17 bits per heavy atom. The molecule has 9 nitrogen and oxygen atoms in total. The van der Waals surface area contributed by atoms with E-state index in [2.05, 4.69) is 31.8 Å². The number of carbonyl (C=O) groups excluding carboxylic acids is 4. The van der Waals surface area contributed by atoms with Crippen LogP contribution < -0.4 is 20.4 Å². The lowest BCUT2D eigenvalue weighted by molar-refractivity contribution is -0.131. The van der Waals surface area contributed by atoms with Gasteiger partial charge in [-0.25, -0.2) is 15.1 Å². The Hall–Kier alpha value is -3.53. The van der Waals surface area contributed by atoms with Crippen molar-refractivity contribution in [3.63, 3.8) is 0 Å². The zero-order chi connectivity index (χ0) is 21.0. The Kier molecular flexibility index (Phi) is 6.03. The van der Waals surface area contributed by atoms with Crippen LogP contribution in [0.25, 0.3) is 0 Å². The molecule has 2 aromatic carbocycles. The molecule has 2 aromatic rings. The molecule has 1 aliphatic heterocycles. The number of nitrogens with one attached hydrogen (secondary N) is 2. The number of barbiturate groups is 1. The smallest absolute Gasteiger partial charge is 0.335 e. The molecule has 10 heteroatoms. The molecule has 0 aliphatic carbocycles. The highest BCUT2D eigenvalue weighted by Crippen LogP contribution is 2.30. The van der Waals surface area contributed by atoms with Gasteiger partial charge in [0.25, 0.3) is 11.8 Å². The van der Waals surface area contributed by atoms with Gasteiger partial charge < -0.3 is 4.74 Å². The first-order valence-corrected chi connectivity index (χ1v) is 9.12. The Morgan fingerprint density at radius 3 is 2.55 bits per heavy atom. The number of benzene rings is 2. The highest BCUT2D eigenvalue weighted by atomic mass is 79.9. The average molecular weight is 459 g/mol. The van der Waals surface area contributed by atoms with Gasteiger partial charge in [0.05, 0.1) is 12.8 Å². The normalized spacial score (nSPS) is 16.7. The van der Waals surface area contributed by atoms with Gasteiger partial charge in [0.15, 0.2) is 5.92 Å². The molecule has 0 unspecified atom stereocenters. The van der Waals surface area contributed by atoms with Crippen LogP contribution in [0.4, 0.5) is 10.5 Å². The average Bonchev–Trinajstić information content (AvgIpc) is 2.71. The summed E-state index contributed by atoms with van der Waals surface area (Å²) in [4.78, 5) is 50.0. The quantitative estimate of drug-likeness (QED) is 0.404. The van der Waals surface area contributed by atoms with E-state index in [-0.39, 0.29) is 11.4 Å². The van der Waals surface area contributed by atoms with E-state index in [1.165, 1.54) is 13.2 Å². The van der Waals surface area contributed by atoms with Crippen molar-refractivity contribution in [2.75, 3.05) is 12.0 Å². The van der Waals surface area contributed by atoms with Crippen molar-refractivity contribution in [2.24, 2.45) is 11.0 Å². The van der Waals surface area contributed by atoms with Gasteiger partial charge in [-0.2, -0.15) is 5.10 Å². The predicted molar refractivity (Wildman–Crippen MR) is 108 cm³/mol. The van der Waals surface area contributed by atoms with E-state index in [9.17, 15) is 19.2 Å². The summed E-state index contributed by atoms with van der Waals surface area (Å²) in [5, 5.41) is 5.80. The third-order valence-electron chi connectivity index (χ3n) is 4.02. The molecule has 1 aliphatic rings. The summed E-state index contributed by atoms with van der Waals surface area (Å²) in [5.74, 6) is -3.29. The summed E-state index contributed by atoms with van der Waals surface area (Å²) in [6.45, 7) is 0. The molecule has 29 heavy (non-hydrogen) atoms. The Morgan fingerprint density at radius 2 is 1.86 bits per heavy atom. The first-order chi connectivity index (χ1) is 13.9. The van der Waals surface area contributed by atoms with Crippen molar-refractivity contribution in [2.45, 2.75) is 0 Å². The first-order valence-electron chi connectivity index (χ1n) is 8.33. The van der Waals surface area contributed by atoms with Crippen LogP contribution in [0, 0.1) is 5.92 Å². The fourth-order valence-electron chi connectivity index (χ4n) is 2.60. The first kappa shape index (κ1) is 20.2. The van der Waals surface area contributed by atoms with Gasteiger partial charge in [0.2, 0.25) is 5.91 Å². The Bertz CT molecular complexity index is 1010. The summed E-state index contributed by atoms with van der Waals surface area (Å²) < 4.78 is 5.98. The number of amides is 5. The molecule has 1 heterocycles. The topological polar surface area (TPSA) is 117 Å². The van der Waals surface area contributed by atoms with Gasteiger partial charge in [-0.1, -0.05) is 28.1 Å². The van der Waals surface area contributed by atoms with E-state index in [1.54, 1.807) is 42.5 Å². The number of hydrazone groups is 1. The SMILES string of the molecule is COc1ccccc1N1C(=O)NC(=O)[C@H](/C=N\NC(=O)c2ccc(Br)cc2)C1=O. The number of ether oxygens (including phenoxy) is 1. The van der Waals surface area contributed by atoms with E-state index in [0.29, 0.717) is 5.56 Å². The van der Waals surface area contributed by atoms with Crippen molar-refractivity contribution in [3.05, 3.63) is 58.6 Å². The molecule has 5 amide bonds. The number of methoxy groups -OCH3 is 1. The van der Waals surface area contributed by atoms with E-state index in [4.69, 9.17) is 4.74 Å². The van der Waals surface area contributed by atoms with E-state index >= 15 is 0 Å². The molecule has 2 N–H and O–H groups in total. The minimum absolute atomic E-state index is 0.183. The number of anilines is 1. The summed E-state index contributed by atoms with van der Waals surface area (Å²) in [6, 6.07) is 12.0. The molecule has 0 spiro atoms. The largest absolute Gasteiger partial charge is 0.495 e. The minimum atomic E-state index is -1.40. The van der Waals surface area contributed by atoms with Crippen molar-refractivity contribution >= 4 is 51.6 Å². The summed E-state index contributed by atoms with van der Waals surface area (Å²) >= 11 is 3.27. The third-order valence-corrected chi connectivity index (χ3v) is 4.55. The van der Waals surface area contributed by atoms with Gasteiger partial charge in [0.1, 0.15) is 5.75 Å². The van der Waals surface area contributed by atoms with E-state index in [0.717, 1.165) is 15.6 Å². The fraction of sp³-hybridized carbons (Fsp3) is 0.105. The van der Waals surface area contributed by atoms with Crippen LogP contribution in [0.15, 0.2) is 58.1 Å². The molecule has 1 fully saturated rings. The number of para-hydroxylation sites is 2. The van der Waals surface area contributed by atoms with Crippen LogP contribution in [0.2, 0.25) is 0 Å². The molecule has 3 rings (SSSR count). The summed E-state index contributed by atoms with van der Waals surface area (Å²) in [5.41, 5.74) is 2.78. The van der Waals surface area contributed by atoms with Gasteiger partial charge in [-0.3, -0.25) is 19.7 Å². The number of hydrogen-bond donors (Lipinski definition) is 2. The zero-order valence-electron chi connectivity index (χ0n) is 15.1. The second-order valence-electron chi connectivity index (χ2n) is 5.84. The standard InChI is InChI=1S/C19H15BrN4O5/c1-29-15-5-3-2-4-14(15)24-18(27)13(17(26)22-19(24)28)10-21-23-16(25)11-6-8-12(20)9-7-11/h2-10,13H,1H3,(H,23,25)(H,22,26,28)/b21-10-/t13-/m0/s1. The highest BCUT2D eigenvalue weighted by Gasteiger charge is 2.41. The fourth-order valence-corrected chi connectivity index (χ4v) is 2.87. The van der Waals surface area contributed by atoms with Gasteiger partial charge >= 0.3 is 6.03 Å². The second-order valence-corrected chi connectivity index (χ2v) is 6.76. The van der Waals surface area contributed by atoms with Crippen molar-refractivity contribution in [1.82, 2.24) is 10.7 Å². The van der Waals surface area contributed by atoms with E-state index in [1.807, 2.05) is 0 Å². The molecule has 0 bridgehead atoms. The maximum absolute atomic E-state index is 12.8. The van der Waals surface area contributed by atoms with Crippen molar-refractivity contribution < 1.29 is 23.9 Å². The van der Waals surface area contributed by atoms with Gasteiger partial charge in [0, 0.05) is 16.3 Å². The van der Waals surface area contributed by atoms with Crippen molar-refractivity contribution in [3.8, 4) is 5.75 Å². The molecule has 148 valence electrons. The number of rotatable bonds is 5. The van der Waals surface area contributed by atoms with Crippen LogP contribution in [-0.4, -0.2) is 37.1 Å². The second kappa shape index (κ2) is 8.65. The maximum atomic E-state index is 12.8. The van der Waals surface area contributed by atoms with Crippen LogP contribution in [0.3, 0.4) is 0 Å². The van der Waals surface area contributed by atoms with Gasteiger partial charge in [-0.15, -0.1) is 0 Å². The lowest BCUT2D eigenvalue weighted by Crippen LogP contribution is -2.58. The number of nitrogens with zero attached hydrogens (tertiary/aromatic N) is 2. The van der Waals surface area contributed by atoms with Gasteiger partial charge in [-0.05, 0) is 36.4 Å². The molecule has 0 radical (unpaired) electrons. The van der Waals surface area contributed by atoms with Crippen molar-refractivity contribution in [1.29, 1.82) is 0 Å². The van der Waals surface area contributed by atoms with E-state index < -0.39 is 29.7 Å². The minimum Gasteiger partial charge on any atom is -0.495 e. The predicted octanol–water partition coefficient (Wildman–Crippen LogP) is 2.07. The van der Waals surface area contributed by atoms with Crippen LogP contribution in [0.1, 0.15) is 10.4 Å². The zero-order valence-corrected chi connectivity index (χ0v) is 16.7. The lowest BCUT2D eigenvalue weighted by atomic mass is 10.1. The van der Waals surface area contributed by atoms with Crippen LogP contribution >= 0.6 is 15.9 Å². The highest BCUT2D eigenvalue weighted by molar-refractivity contribution is 9.10. The Labute approximate surface area is 173 Å². The summed E-state index contributed by atoms with van der Waals surface area (Å²) in [6.07, 6.45) is 0.975. The number of imide groups is 2. The molecule has 0 aromatic heterocycles. The Balaban J connectivity index is 1.78. The number of halogens is 1. The number of hydrogen-bond acceptors (Lipinski definition) is 6. The lowest BCUT2D eigenvalue weighted by Gasteiger charge is -2.29. The number of urea groups is 1. The summed E-state index contributed by atoms with van der Waals surface area (Å²) in [7, 11) is 1.40. The third kappa shape index (κ3) is 4.32. The monoisotopic (exact) mass is 458 g/mol. The molecule has 1 atom stereocenters. The van der Waals surface area contributed by atoms with Crippen LogP contribution in [-0.2, 0) is 9.59 Å². The molecular weight excluding hydrogens is 444 g/mol. The molecular formula is C19H15BrN4O5. The molecule has 0 saturated carbocycles.